The van der Waals surface area contributed by atoms with Crippen molar-refractivity contribution in [2.75, 3.05) is 6.54 Å². The predicted octanol–water partition coefficient (Wildman–Crippen LogP) is 5.66. The fourth-order valence-corrected chi connectivity index (χ4v) is 5.30. The van der Waals surface area contributed by atoms with Crippen LogP contribution in [0.25, 0.3) is 11.3 Å². The lowest BCUT2D eigenvalue weighted by molar-refractivity contribution is -0.101. The number of rotatable bonds is 7. The van der Waals surface area contributed by atoms with Crippen LogP contribution in [0.1, 0.15) is 69.3 Å². The molecule has 1 aromatic heterocycles. The van der Waals surface area contributed by atoms with E-state index in [0.29, 0.717) is 19.4 Å². The molecule has 1 aliphatic carbocycles. The number of hydrogen-bond donors (Lipinski definition) is 1. The Morgan fingerprint density at radius 2 is 1.76 bits per heavy atom. The van der Waals surface area contributed by atoms with Gasteiger partial charge in [-0.1, -0.05) is 54.6 Å². The van der Waals surface area contributed by atoms with Crippen LogP contribution in [-0.4, -0.2) is 38.4 Å². The molecule has 0 spiro atoms. The molecule has 7 heteroatoms. The van der Waals surface area contributed by atoms with Crippen LogP contribution in [0.15, 0.2) is 66.7 Å². The summed E-state index contributed by atoms with van der Waals surface area (Å²) in [5, 5.41) is 28.6. The Hall–Kier alpha value is -3.76. The van der Waals surface area contributed by atoms with Crippen LogP contribution in [0.4, 0.5) is 4.79 Å². The van der Waals surface area contributed by atoms with Crippen molar-refractivity contribution in [3.05, 3.63) is 83.6 Å². The molecule has 1 N–H and O–H groups in total. The summed E-state index contributed by atoms with van der Waals surface area (Å²) in [5.41, 5.74) is 1.99. The van der Waals surface area contributed by atoms with E-state index in [2.05, 4.69) is 16.3 Å². The van der Waals surface area contributed by atoms with Gasteiger partial charge in [0, 0.05) is 24.9 Å². The van der Waals surface area contributed by atoms with E-state index >= 15 is 0 Å². The molecule has 37 heavy (non-hydrogen) atoms. The minimum Gasteiger partial charge on any atom is -0.438 e. The van der Waals surface area contributed by atoms with Gasteiger partial charge in [-0.15, -0.1) is 0 Å². The van der Waals surface area contributed by atoms with Crippen molar-refractivity contribution >= 4 is 6.09 Å². The third-order valence-electron chi connectivity index (χ3n) is 7.57. The summed E-state index contributed by atoms with van der Waals surface area (Å²) in [6.07, 6.45) is 2.20. The van der Waals surface area contributed by atoms with Crippen LogP contribution in [0.2, 0.25) is 0 Å². The number of hydrogen-bond acceptors (Lipinski definition) is 6. The molecule has 1 amide bonds. The highest BCUT2D eigenvalue weighted by molar-refractivity contribution is 5.70. The third kappa shape index (κ3) is 4.94. The summed E-state index contributed by atoms with van der Waals surface area (Å²) in [6.45, 7) is 5.99. The Labute approximate surface area is 217 Å². The Morgan fingerprint density at radius 3 is 2.30 bits per heavy atom. The standard InChI is InChI=1S/C30H32N4O3/c1-21(22-9-11-23(12-10-22)25-13-14-26(33-32-25)29(20-31)15-16-29)34-18-17-30(37-27(34)35,19-28(2,3)36)24-7-5-4-6-8-24/h4-14,21,36H,15-19H2,1-3H3. The average Bonchev–Trinajstić information content (AvgIpc) is 3.70. The number of nitrogens with zero attached hydrogens (tertiary/aromatic N) is 4. The second-order valence-corrected chi connectivity index (χ2v) is 11.0. The molecule has 2 fully saturated rings. The van der Waals surface area contributed by atoms with Gasteiger partial charge in [0.1, 0.15) is 11.0 Å². The molecule has 2 aromatic carbocycles. The van der Waals surface area contributed by atoms with Crippen LogP contribution < -0.4 is 0 Å². The highest BCUT2D eigenvalue weighted by Crippen LogP contribution is 2.46. The molecule has 0 radical (unpaired) electrons. The SMILES string of the molecule is CC(c1ccc(-c2ccc(C3(C#N)CC3)nn2)cc1)N1CCC(CC(C)(C)O)(c2ccccc2)OC1=O. The number of aliphatic hydroxyl groups is 1. The molecule has 0 bridgehead atoms. The Kier molecular flexibility index (Phi) is 6.25. The van der Waals surface area contributed by atoms with Crippen LogP contribution in [-0.2, 0) is 15.8 Å². The van der Waals surface area contributed by atoms with E-state index in [1.807, 2.05) is 73.7 Å². The van der Waals surface area contributed by atoms with Crippen molar-refractivity contribution in [3.63, 3.8) is 0 Å². The number of carbonyl (C=O) groups is 1. The first-order chi connectivity index (χ1) is 17.6. The van der Waals surface area contributed by atoms with Gasteiger partial charge in [-0.2, -0.15) is 15.5 Å². The lowest BCUT2D eigenvalue weighted by Gasteiger charge is -2.45. The largest absolute Gasteiger partial charge is 0.438 e. The van der Waals surface area contributed by atoms with Gasteiger partial charge in [-0.05, 0) is 56.9 Å². The van der Waals surface area contributed by atoms with Gasteiger partial charge in [0.25, 0.3) is 0 Å². The molecule has 7 nitrogen and oxygen atoms in total. The number of amides is 1. The molecule has 190 valence electrons. The van der Waals surface area contributed by atoms with Gasteiger partial charge in [0.05, 0.1) is 29.1 Å². The van der Waals surface area contributed by atoms with Gasteiger partial charge < -0.3 is 14.7 Å². The monoisotopic (exact) mass is 496 g/mol. The minimum absolute atomic E-state index is 0.184. The van der Waals surface area contributed by atoms with Crippen LogP contribution >= 0.6 is 0 Å². The average molecular weight is 497 g/mol. The second kappa shape index (κ2) is 9.28. The molecule has 5 rings (SSSR count). The van der Waals surface area contributed by atoms with Crippen LogP contribution in [0, 0.1) is 11.3 Å². The molecule has 1 saturated carbocycles. The third-order valence-corrected chi connectivity index (χ3v) is 7.57. The van der Waals surface area contributed by atoms with Gasteiger partial charge in [0.2, 0.25) is 0 Å². The van der Waals surface area contributed by atoms with Crippen LogP contribution in [0.5, 0.6) is 0 Å². The minimum atomic E-state index is -0.991. The van der Waals surface area contributed by atoms with E-state index < -0.39 is 16.6 Å². The normalized spacial score (nSPS) is 21.6. The molecule has 1 aliphatic heterocycles. The first kappa shape index (κ1) is 24.9. The number of nitriles is 1. The summed E-state index contributed by atoms with van der Waals surface area (Å²) in [7, 11) is 0. The Balaban J connectivity index is 1.31. The molecular formula is C30H32N4O3. The van der Waals surface area contributed by atoms with Gasteiger partial charge in [0.15, 0.2) is 0 Å². The molecule has 2 atom stereocenters. The van der Waals surface area contributed by atoms with Crippen molar-refractivity contribution in [2.45, 2.75) is 69.1 Å². The topological polar surface area (TPSA) is 99.3 Å². The fourth-order valence-electron chi connectivity index (χ4n) is 5.30. The summed E-state index contributed by atoms with van der Waals surface area (Å²) >= 11 is 0. The van der Waals surface area contributed by atoms with E-state index in [1.165, 1.54) is 0 Å². The van der Waals surface area contributed by atoms with E-state index in [1.54, 1.807) is 18.7 Å². The Bertz CT molecular complexity index is 1310. The number of benzene rings is 2. The van der Waals surface area contributed by atoms with Gasteiger partial charge in [-0.25, -0.2) is 4.79 Å². The van der Waals surface area contributed by atoms with Crippen molar-refractivity contribution < 1.29 is 14.6 Å². The fraction of sp³-hybridized carbons (Fsp3) is 0.400. The van der Waals surface area contributed by atoms with Crippen LogP contribution in [0.3, 0.4) is 0 Å². The smallest absolute Gasteiger partial charge is 0.411 e. The van der Waals surface area contributed by atoms with Gasteiger partial charge >= 0.3 is 6.09 Å². The lowest BCUT2D eigenvalue weighted by Crippen LogP contribution is -2.51. The number of carbonyl (C=O) groups excluding carboxylic acids is 1. The molecule has 2 heterocycles. The lowest BCUT2D eigenvalue weighted by atomic mass is 9.80. The predicted molar refractivity (Wildman–Crippen MR) is 139 cm³/mol. The quantitative estimate of drug-likeness (QED) is 0.453. The Morgan fingerprint density at radius 1 is 1.05 bits per heavy atom. The maximum absolute atomic E-state index is 13.3. The van der Waals surface area contributed by atoms with E-state index in [4.69, 9.17) is 4.74 Å². The summed E-state index contributed by atoms with van der Waals surface area (Å²) in [6, 6.07) is 23.6. The summed E-state index contributed by atoms with van der Waals surface area (Å²) in [4.78, 5) is 15.0. The van der Waals surface area contributed by atoms with Gasteiger partial charge in [-0.3, -0.25) is 0 Å². The zero-order chi connectivity index (χ0) is 26.3. The van der Waals surface area contributed by atoms with E-state index in [0.717, 1.165) is 40.9 Å². The maximum atomic E-state index is 13.3. The highest BCUT2D eigenvalue weighted by atomic mass is 16.6. The number of cyclic esters (lactones) is 1. The van der Waals surface area contributed by atoms with Crippen molar-refractivity contribution in [2.24, 2.45) is 0 Å². The van der Waals surface area contributed by atoms with E-state index in [-0.39, 0.29) is 12.1 Å². The number of aromatic nitrogens is 2. The number of ether oxygens (including phenoxy) is 1. The zero-order valence-electron chi connectivity index (χ0n) is 21.5. The van der Waals surface area contributed by atoms with E-state index in [9.17, 15) is 15.2 Å². The molecule has 2 aliphatic rings. The first-order valence-electron chi connectivity index (χ1n) is 12.8. The molecule has 1 saturated heterocycles. The summed E-state index contributed by atoms with van der Waals surface area (Å²) < 4.78 is 6.12. The first-order valence-corrected chi connectivity index (χ1v) is 12.8. The summed E-state index contributed by atoms with van der Waals surface area (Å²) in [5.74, 6) is 0. The zero-order valence-corrected chi connectivity index (χ0v) is 21.5. The van der Waals surface area contributed by atoms with Crippen molar-refractivity contribution in [1.29, 1.82) is 5.26 Å². The molecular weight excluding hydrogens is 464 g/mol. The molecule has 3 aromatic rings. The van der Waals surface area contributed by atoms with Crippen molar-refractivity contribution in [3.8, 4) is 17.3 Å². The maximum Gasteiger partial charge on any atom is 0.411 e. The molecule has 2 unspecified atom stereocenters. The second-order valence-electron chi connectivity index (χ2n) is 11.0. The van der Waals surface area contributed by atoms with Crippen molar-refractivity contribution in [1.82, 2.24) is 15.1 Å². The highest BCUT2D eigenvalue weighted by Gasteiger charge is 2.47.